The summed E-state index contributed by atoms with van der Waals surface area (Å²) in [5.41, 5.74) is -0.493. The summed E-state index contributed by atoms with van der Waals surface area (Å²) in [5.74, 6) is -0.361. The van der Waals surface area contributed by atoms with Crippen molar-refractivity contribution in [3.8, 4) is 0 Å². The lowest BCUT2D eigenvalue weighted by molar-refractivity contribution is -0.273. The molecule has 0 aliphatic carbocycles. The summed E-state index contributed by atoms with van der Waals surface area (Å²) in [5, 5.41) is 19.5. The van der Waals surface area contributed by atoms with Crippen LogP contribution in [0.1, 0.15) is 53.9 Å². The van der Waals surface area contributed by atoms with Crippen molar-refractivity contribution < 1.29 is 29.2 Å². The van der Waals surface area contributed by atoms with Crippen LogP contribution in [-0.4, -0.2) is 52.5 Å². The Balaban J connectivity index is 2.29. The van der Waals surface area contributed by atoms with Gasteiger partial charge in [-0.05, 0) is 47.5 Å². The van der Waals surface area contributed by atoms with Gasteiger partial charge in [-0.1, -0.05) is 6.08 Å². The van der Waals surface area contributed by atoms with E-state index in [2.05, 4.69) is 0 Å². The largest absolute Gasteiger partial charge is 0.457 e. The van der Waals surface area contributed by atoms with E-state index >= 15 is 0 Å². The topological polar surface area (TPSA) is 85.2 Å². The fourth-order valence-corrected chi connectivity index (χ4v) is 2.21. The molecule has 134 valence electrons. The smallest absolute Gasteiger partial charge is 0.330 e. The van der Waals surface area contributed by atoms with Gasteiger partial charge >= 0.3 is 5.97 Å². The maximum absolute atomic E-state index is 11.5. The number of carbonyl (C=O) groups excluding carboxylic acids is 1. The summed E-state index contributed by atoms with van der Waals surface area (Å²) in [6.07, 6.45) is 2.03. The first-order valence-electron chi connectivity index (χ1n) is 8.15. The predicted molar refractivity (Wildman–Crippen MR) is 85.7 cm³/mol. The van der Waals surface area contributed by atoms with Crippen LogP contribution in [0.2, 0.25) is 0 Å². The van der Waals surface area contributed by atoms with Crippen molar-refractivity contribution in [3.05, 3.63) is 12.2 Å². The summed E-state index contributed by atoms with van der Waals surface area (Å²) in [6, 6.07) is 0. The van der Waals surface area contributed by atoms with Crippen molar-refractivity contribution in [1.82, 2.24) is 0 Å². The van der Waals surface area contributed by atoms with Crippen LogP contribution < -0.4 is 0 Å². The minimum absolute atomic E-state index is 0.139. The second kappa shape index (κ2) is 8.78. The second-order valence-corrected chi connectivity index (χ2v) is 7.04. The van der Waals surface area contributed by atoms with Gasteiger partial charge in [0.1, 0.15) is 11.7 Å². The Bertz CT molecular complexity index is 400. The van der Waals surface area contributed by atoms with E-state index < -0.39 is 24.1 Å². The monoisotopic (exact) mass is 330 g/mol. The minimum Gasteiger partial charge on any atom is -0.457 e. The molecule has 0 spiro atoms. The molecule has 1 saturated heterocycles. The van der Waals surface area contributed by atoms with Crippen LogP contribution in [0.4, 0.5) is 0 Å². The van der Waals surface area contributed by atoms with Gasteiger partial charge in [0.15, 0.2) is 6.29 Å². The number of esters is 1. The fraction of sp³-hybridized carbons (Fsp3) is 0.824. The van der Waals surface area contributed by atoms with Crippen molar-refractivity contribution >= 4 is 5.97 Å². The number of ether oxygens (including phenoxy) is 3. The lowest BCUT2D eigenvalue weighted by Gasteiger charge is -2.36. The van der Waals surface area contributed by atoms with E-state index in [0.29, 0.717) is 12.8 Å². The molecule has 1 aliphatic rings. The summed E-state index contributed by atoms with van der Waals surface area (Å²) in [4.78, 5) is 11.5. The number of aliphatic hydroxyl groups excluding tert-OH is 2. The predicted octanol–water partition coefficient (Wildman–Crippen LogP) is 1.93. The highest BCUT2D eigenvalue weighted by Gasteiger charge is 2.35. The van der Waals surface area contributed by atoms with Gasteiger partial charge in [0.05, 0.1) is 18.3 Å². The van der Waals surface area contributed by atoms with Crippen LogP contribution in [0.25, 0.3) is 0 Å². The van der Waals surface area contributed by atoms with E-state index in [0.717, 1.165) is 0 Å². The number of hydrogen-bond donors (Lipinski definition) is 2. The number of carbonyl (C=O) groups is 1. The van der Waals surface area contributed by atoms with E-state index in [4.69, 9.17) is 14.2 Å². The Morgan fingerprint density at radius 1 is 1.35 bits per heavy atom. The van der Waals surface area contributed by atoms with Crippen LogP contribution >= 0.6 is 0 Å². The average Bonchev–Trinajstić information content (AvgIpc) is 2.39. The zero-order chi connectivity index (χ0) is 17.6. The maximum atomic E-state index is 11.5. The molecule has 0 bridgehead atoms. The Morgan fingerprint density at radius 3 is 2.61 bits per heavy atom. The van der Waals surface area contributed by atoms with Crippen LogP contribution in [0.5, 0.6) is 0 Å². The molecule has 0 aromatic carbocycles. The fourth-order valence-electron chi connectivity index (χ4n) is 2.21. The van der Waals surface area contributed by atoms with E-state index in [1.165, 1.54) is 6.08 Å². The highest BCUT2D eigenvalue weighted by atomic mass is 16.7. The van der Waals surface area contributed by atoms with Crippen molar-refractivity contribution in [1.29, 1.82) is 0 Å². The molecule has 6 nitrogen and oxygen atoms in total. The van der Waals surface area contributed by atoms with Gasteiger partial charge < -0.3 is 24.4 Å². The number of allylic oxidation sites excluding steroid dienone is 1. The normalized spacial score (nSPS) is 30.4. The van der Waals surface area contributed by atoms with Gasteiger partial charge in [0.2, 0.25) is 0 Å². The molecule has 2 N–H and O–H groups in total. The molecule has 23 heavy (non-hydrogen) atoms. The molecular formula is C17H30O6. The van der Waals surface area contributed by atoms with Crippen molar-refractivity contribution in [2.45, 2.75) is 90.2 Å². The summed E-state index contributed by atoms with van der Waals surface area (Å²) in [6.45, 7) is 9.10. The van der Waals surface area contributed by atoms with E-state index in [9.17, 15) is 15.0 Å². The van der Waals surface area contributed by atoms with E-state index in [1.54, 1.807) is 13.0 Å². The van der Waals surface area contributed by atoms with Gasteiger partial charge in [-0.2, -0.15) is 0 Å². The molecule has 1 aliphatic heterocycles. The zero-order valence-electron chi connectivity index (χ0n) is 14.7. The molecule has 0 radical (unpaired) electrons. The number of hydrogen-bond acceptors (Lipinski definition) is 6. The van der Waals surface area contributed by atoms with E-state index in [1.807, 2.05) is 27.7 Å². The number of rotatable bonds is 6. The van der Waals surface area contributed by atoms with Crippen LogP contribution in [0, 0.1) is 0 Å². The van der Waals surface area contributed by atoms with Crippen molar-refractivity contribution in [2.24, 2.45) is 0 Å². The molecular weight excluding hydrogens is 300 g/mol. The summed E-state index contributed by atoms with van der Waals surface area (Å²) in [7, 11) is 0. The summed E-state index contributed by atoms with van der Waals surface area (Å²) < 4.78 is 16.3. The molecule has 0 amide bonds. The van der Waals surface area contributed by atoms with Crippen LogP contribution in [0.3, 0.4) is 0 Å². The molecule has 1 fully saturated rings. The Kier molecular flexibility index (Phi) is 7.67. The Hall–Kier alpha value is -0.950. The van der Waals surface area contributed by atoms with Crippen molar-refractivity contribution in [2.75, 3.05) is 0 Å². The van der Waals surface area contributed by atoms with Crippen LogP contribution in [0.15, 0.2) is 12.2 Å². The standard InChI is InChI=1S/C17H30O6/c1-11(8-6-7-9-15(20)23-17(3,4)5)21-16-14(19)10-13(18)12(2)22-16/h7,9,11-14,16,18-19H,6,8,10H2,1-5H3/b9-7-/t11-,12+,13?,14-,16-/m1/s1. The second-order valence-electron chi connectivity index (χ2n) is 7.04. The highest BCUT2D eigenvalue weighted by molar-refractivity contribution is 5.82. The third-order valence-corrected chi connectivity index (χ3v) is 3.45. The average molecular weight is 330 g/mol. The highest BCUT2D eigenvalue weighted by Crippen LogP contribution is 2.22. The van der Waals surface area contributed by atoms with E-state index in [-0.39, 0.29) is 24.6 Å². The van der Waals surface area contributed by atoms with Crippen LogP contribution in [-0.2, 0) is 19.0 Å². The SMILES string of the molecule is C[C@H](CC/C=C\C(=O)OC(C)(C)C)O[C@@H]1O[C@@H](C)C(O)C[C@H]1O. The maximum Gasteiger partial charge on any atom is 0.330 e. The first-order chi connectivity index (χ1) is 10.6. The molecule has 1 heterocycles. The molecule has 0 aromatic rings. The van der Waals surface area contributed by atoms with Gasteiger partial charge in [0, 0.05) is 12.5 Å². The van der Waals surface area contributed by atoms with Crippen molar-refractivity contribution in [3.63, 3.8) is 0 Å². The lowest BCUT2D eigenvalue weighted by atomic mass is 10.0. The quantitative estimate of drug-likeness (QED) is 0.572. The Morgan fingerprint density at radius 2 is 2.00 bits per heavy atom. The summed E-state index contributed by atoms with van der Waals surface area (Å²) >= 11 is 0. The van der Waals surface area contributed by atoms with Gasteiger partial charge in [-0.15, -0.1) is 0 Å². The molecule has 0 aromatic heterocycles. The molecule has 6 heteroatoms. The first kappa shape index (κ1) is 20.1. The van der Waals surface area contributed by atoms with Gasteiger partial charge in [-0.25, -0.2) is 4.79 Å². The molecule has 1 unspecified atom stereocenters. The molecule has 0 saturated carbocycles. The minimum atomic E-state index is -0.832. The zero-order valence-corrected chi connectivity index (χ0v) is 14.7. The van der Waals surface area contributed by atoms with Gasteiger partial charge in [0.25, 0.3) is 0 Å². The number of aliphatic hydroxyl groups is 2. The lowest BCUT2D eigenvalue weighted by Crippen LogP contribution is -2.48. The first-order valence-corrected chi connectivity index (χ1v) is 8.15. The third-order valence-electron chi connectivity index (χ3n) is 3.45. The third kappa shape index (κ3) is 7.92. The van der Waals surface area contributed by atoms with Gasteiger partial charge in [-0.3, -0.25) is 0 Å². The Labute approximate surface area is 138 Å². The molecule has 1 rings (SSSR count). The molecule has 5 atom stereocenters.